The Hall–Kier alpha value is -1.79. The van der Waals surface area contributed by atoms with Gasteiger partial charge in [-0.2, -0.15) is 0 Å². The lowest BCUT2D eigenvalue weighted by atomic mass is 9.96. The number of piperidine rings is 1. The second-order valence-corrected chi connectivity index (χ2v) is 7.50. The first-order valence-electron chi connectivity index (χ1n) is 9.62. The zero-order chi connectivity index (χ0) is 16.9. The van der Waals surface area contributed by atoms with Gasteiger partial charge in [-0.05, 0) is 73.8 Å². The van der Waals surface area contributed by atoms with Crippen LogP contribution in [0.25, 0.3) is 0 Å². The summed E-state index contributed by atoms with van der Waals surface area (Å²) in [5.41, 5.74) is 1.50. The molecule has 1 aliphatic heterocycles. The topological polar surface area (TPSA) is 69.7 Å². The Balaban J connectivity index is 1.10. The number of likely N-dealkylation sites (tertiary alicyclic amines) is 1. The summed E-state index contributed by atoms with van der Waals surface area (Å²) >= 11 is 0. The van der Waals surface area contributed by atoms with E-state index in [0.29, 0.717) is 6.04 Å². The molecule has 134 valence electrons. The Morgan fingerprint density at radius 2 is 2.00 bits per heavy atom. The van der Waals surface area contributed by atoms with Crippen molar-refractivity contribution in [1.82, 2.24) is 30.8 Å². The van der Waals surface area contributed by atoms with Crippen molar-refractivity contribution in [2.75, 3.05) is 26.2 Å². The van der Waals surface area contributed by atoms with Gasteiger partial charge in [0.15, 0.2) is 0 Å². The molecule has 0 unspecified atom stereocenters. The largest absolute Gasteiger partial charge is 0.313 e. The summed E-state index contributed by atoms with van der Waals surface area (Å²) < 4.78 is 0. The molecular formula is C19H28N6. The number of benzene rings is 1. The van der Waals surface area contributed by atoms with Crippen LogP contribution in [0.4, 0.5) is 0 Å². The van der Waals surface area contributed by atoms with Crippen molar-refractivity contribution in [2.24, 2.45) is 5.92 Å². The smallest absolute Gasteiger partial charge is 0.148 e. The molecule has 1 aromatic heterocycles. The lowest BCUT2D eigenvalue weighted by molar-refractivity contribution is 0.180. The van der Waals surface area contributed by atoms with Gasteiger partial charge in [-0.25, -0.2) is 5.10 Å². The van der Waals surface area contributed by atoms with Crippen molar-refractivity contribution in [2.45, 2.75) is 44.1 Å². The summed E-state index contributed by atoms with van der Waals surface area (Å²) in [6, 6.07) is 11.6. The van der Waals surface area contributed by atoms with Gasteiger partial charge in [0.25, 0.3) is 0 Å². The minimum atomic E-state index is 0.705. The first-order chi connectivity index (χ1) is 12.4. The van der Waals surface area contributed by atoms with E-state index in [2.05, 4.69) is 61.2 Å². The summed E-state index contributed by atoms with van der Waals surface area (Å²) in [5, 5.41) is 17.8. The molecule has 6 nitrogen and oxygen atoms in total. The fourth-order valence-corrected chi connectivity index (χ4v) is 3.98. The Morgan fingerprint density at radius 3 is 2.76 bits per heavy atom. The molecule has 0 spiro atoms. The molecule has 0 radical (unpaired) electrons. The third-order valence-corrected chi connectivity index (χ3v) is 5.67. The lowest BCUT2D eigenvalue weighted by Gasteiger charge is -2.32. The molecule has 2 aliphatic rings. The molecule has 1 aromatic carbocycles. The van der Waals surface area contributed by atoms with Gasteiger partial charge >= 0.3 is 0 Å². The molecule has 2 N–H and O–H groups in total. The fourth-order valence-electron chi connectivity index (χ4n) is 3.98. The van der Waals surface area contributed by atoms with Gasteiger partial charge in [-0.15, -0.1) is 5.10 Å². The second-order valence-electron chi connectivity index (χ2n) is 7.50. The van der Waals surface area contributed by atoms with Crippen LogP contribution < -0.4 is 5.32 Å². The number of aromatic amines is 1. The molecule has 2 heterocycles. The van der Waals surface area contributed by atoms with Crippen LogP contribution >= 0.6 is 0 Å². The summed E-state index contributed by atoms with van der Waals surface area (Å²) in [5.74, 6) is 2.48. The number of rotatable bonds is 8. The predicted molar refractivity (Wildman–Crippen MR) is 97.3 cm³/mol. The van der Waals surface area contributed by atoms with Crippen molar-refractivity contribution in [3.63, 3.8) is 0 Å². The van der Waals surface area contributed by atoms with E-state index in [9.17, 15) is 0 Å². The number of aromatic nitrogens is 4. The molecule has 1 saturated heterocycles. The lowest BCUT2D eigenvalue weighted by Crippen LogP contribution is -2.38. The van der Waals surface area contributed by atoms with Crippen molar-refractivity contribution < 1.29 is 0 Å². The third-order valence-electron chi connectivity index (χ3n) is 5.67. The standard InChI is InChI=1S/C19H28N6/c1-2-5-16(6-3-1)17-13-18(17)20-14-15-8-11-25(12-9-15)10-4-7-19-21-23-24-22-19/h1-3,5-6,15,17-18,20H,4,7-14H2,(H,21,22,23,24)/t17-,18+/m0/s1. The van der Waals surface area contributed by atoms with Crippen molar-refractivity contribution >= 4 is 0 Å². The van der Waals surface area contributed by atoms with Crippen LogP contribution in [-0.4, -0.2) is 57.7 Å². The summed E-state index contributed by atoms with van der Waals surface area (Å²) in [4.78, 5) is 2.59. The average Bonchev–Trinajstić information content (AvgIpc) is 3.26. The highest BCUT2D eigenvalue weighted by atomic mass is 15.5. The first kappa shape index (κ1) is 16.7. The van der Waals surface area contributed by atoms with E-state index in [4.69, 9.17) is 0 Å². The first-order valence-corrected chi connectivity index (χ1v) is 9.62. The molecule has 4 rings (SSSR count). The molecule has 25 heavy (non-hydrogen) atoms. The van der Waals surface area contributed by atoms with E-state index in [1.807, 2.05) is 0 Å². The van der Waals surface area contributed by atoms with E-state index >= 15 is 0 Å². The number of H-pyrrole nitrogens is 1. The van der Waals surface area contributed by atoms with Crippen LogP contribution in [0.2, 0.25) is 0 Å². The van der Waals surface area contributed by atoms with Gasteiger partial charge in [-0.3, -0.25) is 0 Å². The number of nitrogens with zero attached hydrogens (tertiary/aromatic N) is 4. The molecule has 0 bridgehead atoms. The van der Waals surface area contributed by atoms with Crippen LogP contribution in [-0.2, 0) is 6.42 Å². The summed E-state index contributed by atoms with van der Waals surface area (Å²) in [7, 11) is 0. The van der Waals surface area contributed by atoms with Gasteiger partial charge in [0, 0.05) is 18.4 Å². The summed E-state index contributed by atoms with van der Waals surface area (Å²) in [6.07, 6.45) is 6.01. The molecular weight excluding hydrogens is 312 g/mol. The Morgan fingerprint density at radius 1 is 1.16 bits per heavy atom. The van der Waals surface area contributed by atoms with E-state index < -0.39 is 0 Å². The highest BCUT2D eigenvalue weighted by Gasteiger charge is 2.38. The highest BCUT2D eigenvalue weighted by molar-refractivity contribution is 5.27. The van der Waals surface area contributed by atoms with Gasteiger partial charge in [0.05, 0.1) is 0 Å². The van der Waals surface area contributed by atoms with Crippen molar-refractivity contribution in [3.05, 3.63) is 41.7 Å². The maximum absolute atomic E-state index is 3.94. The van der Waals surface area contributed by atoms with E-state index in [0.717, 1.165) is 37.0 Å². The molecule has 2 atom stereocenters. The van der Waals surface area contributed by atoms with Gasteiger partial charge in [0.2, 0.25) is 0 Å². The maximum Gasteiger partial charge on any atom is 0.148 e. The van der Waals surface area contributed by atoms with Gasteiger partial charge in [0.1, 0.15) is 5.82 Å². The third kappa shape index (κ3) is 4.64. The van der Waals surface area contributed by atoms with Crippen molar-refractivity contribution in [1.29, 1.82) is 0 Å². The highest BCUT2D eigenvalue weighted by Crippen LogP contribution is 2.40. The number of hydrogen-bond acceptors (Lipinski definition) is 5. The minimum absolute atomic E-state index is 0.705. The fraction of sp³-hybridized carbons (Fsp3) is 0.632. The Kier molecular flexibility index (Phi) is 5.37. The van der Waals surface area contributed by atoms with Gasteiger partial charge < -0.3 is 10.2 Å². The second kappa shape index (κ2) is 8.06. The number of hydrogen-bond donors (Lipinski definition) is 2. The normalized spacial score (nSPS) is 24.5. The van der Waals surface area contributed by atoms with Gasteiger partial charge in [-0.1, -0.05) is 30.3 Å². The Labute approximate surface area is 149 Å². The predicted octanol–water partition coefficient (Wildman–Crippen LogP) is 1.99. The SMILES string of the molecule is c1ccc([C@@H]2C[C@H]2NCC2CCN(CCCc3nnn[nH]3)CC2)cc1. The number of tetrazole rings is 1. The molecule has 2 aromatic rings. The van der Waals surface area contributed by atoms with Crippen LogP contribution in [0.3, 0.4) is 0 Å². The molecule has 0 amide bonds. The molecule has 1 aliphatic carbocycles. The maximum atomic E-state index is 3.94. The van der Waals surface area contributed by atoms with E-state index in [1.54, 1.807) is 0 Å². The summed E-state index contributed by atoms with van der Waals surface area (Å²) in [6.45, 7) is 4.80. The van der Waals surface area contributed by atoms with Crippen LogP contribution in [0.1, 0.15) is 43.0 Å². The van der Waals surface area contributed by atoms with E-state index in [-0.39, 0.29) is 0 Å². The van der Waals surface area contributed by atoms with Crippen LogP contribution in [0, 0.1) is 5.92 Å². The number of aryl methyl sites for hydroxylation is 1. The zero-order valence-electron chi connectivity index (χ0n) is 14.8. The van der Waals surface area contributed by atoms with Crippen LogP contribution in [0.5, 0.6) is 0 Å². The Bertz CT molecular complexity index is 621. The molecule has 2 fully saturated rings. The number of nitrogens with one attached hydrogen (secondary N) is 2. The monoisotopic (exact) mass is 340 g/mol. The van der Waals surface area contributed by atoms with Crippen LogP contribution in [0.15, 0.2) is 30.3 Å². The zero-order valence-corrected chi connectivity index (χ0v) is 14.8. The quantitative estimate of drug-likeness (QED) is 0.769. The molecule has 6 heteroatoms. The average molecular weight is 340 g/mol. The van der Waals surface area contributed by atoms with E-state index in [1.165, 1.54) is 44.5 Å². The minimum Gasteiger partial charge on any atom is -0.313 e. The molecule has 1 saturated carbocycles. The van der Waals surface area contributed by atoms with Crippen molar-refractivity contribution in [3.8, 4) is 0 Å².